The largest absolute Gasteiger partial charge is 0.396 e. The van der Waals surface area contributed by atoms with Gasteiger partial charge in [-0.3, -0.25) is 0 Å². The first-order valence-corrected chi connectivity index (χ1v) is 6.58. The van der Waals surface area contributed by atoms with Crippen LogP contribution in [0.5, 0.6) is 0 Å². The number of carbonyl (C=O) groups is 1. The molecule has 1 aliphatic rings. The second-order valence-electron chi connectivity index (χ2n) is 5.07. The number of hydrogen-bond acceptors (Lipinski definition) is 4. The van der Waals surface area contributed by atoms with Gasteiger partial charge in [0.05, 0.1) is 11.9 Å². The third kappa shape index (κ3) is 3.71. The van der Waals surface area contributed by atoms with E-state index in [4.69, 9.17) is 5.11 Å². The maximum absolute atomic E-state index is 11.8. The van der Waals surface area contributed by atoms with Crippen molar-refractivity contribution in [2.75, 3.05) is 30.9 Å². The second kappa shape index (κ2) is 6.38. The summed E-state index contributed by atoms with van der Waals surface area (Å²) in [6.45, 7) is 0.117. The number of carbonyl (C=O) groups excluding carboxylic acids is 1. The number of rotatable bonds is 4. The van der Waals surface area contributed by atoms with E-state index in [2.05, 4.69) is 15.6 Å². The maximum Gasteiger partial charge on any atom is 0.319 e. The van der Waals surface area contributed by atoms with Crippen LogP contribution in [0.15, 0.2) is 30.5 Å². The van der Waals surface area contributed by atoms with Gasteiger partial charge in [-0.25, -0.2) is 9.78 Å². The number of pyridine rings is 1. The monoisotopic (exact) mass is 276 g/mol. The lowest BCUT2D eigenvalue weighted by Crippen LogP contribution is -2.36. The molecule has 0 bridgehead atoms. The van der Waals surface area contributed by atoms with Crippen molar-refractivity contribution >= 4 is 17.5 Å². The van der Waals surface area contributed by atoms with Crippen molar-refractivity contribution in [1.82, 2.24) is 10.3 Å². The molecule has 2 amide bonds. The summed E-state index contributed by atoms with van der Waals surface area (Å²) < 4.78 is 0. The lowest BCUT2D eigenvalue weighted by molar-refractivity contribution is 0.238. The number of anilines is 2. The van der Waals surface area contributed by atoms with Crippen LogP contribution in [0.1, 0.15) is 6.42 Å². The molecule has 0 spiro atoms. The number of aliphatic hydroxyl groups is 1. The van der Waals surface area contributed by atoms with Gasteiger partial charge in [-0.1, -0.05) is 12.2 Å². The minimum Gasteiger partial charge on any atom is -0.396 e. The van der Waals surface area contributed by atoms with Crippen molar-refractivity contribution in [1.29, 1.82) is 0 Å². The molecule has 1 aromatic heterocycles. The Morgan fingerprint density at radius 1 is 1.45 bits per heavy atom. The molecule has 108 valence electrons. The molecular formula is C14H20N4O2. The average molecular weight is 276 g/mol. The zero-order valence-corrected chi connectivity index (χ0v) is 11.7. The number of aliphatic hydroxyl groups excluding tert-OH is 1. The third-order valence-electron chi connectivity index (χ3n) is 3.19. The zero-order valence-electron chi connectivity index (χ0n) is 11.7. The van der Waals surface area contributed by atoms with Crippen LogP contribution in [0, 0.1) is 5.92 Å². The van der Waals surface area contributed by atoms with Crippen LogP contribution in [0.3, 0.4) is 0 Å². The van der Waals surface area contributed by atoms with E-state index in [0.717, 1.165) is 12.2 Å². The smallest absolute Gasteiger partial charge is 0.319 e. The Morgan fingerprint density at radius 3 is 2.80 bits per heavy atom. The maximum atomic E-state index is 11.8. The van der Waals surface area contributed by atoms with Gasteiger partial charge in [-0.15, -0.1) is 0 Å². The van der Waals surface area contributed by atoms with E-state index in [9.17, 15) is 4.79 Å². The Balaban J connectivity index is 1.84. The van der Waals surface area contributed by atoms with Crippen molar-refractivity contribution in [3.8, 4) is 0 Å². The van der Waals surface area contributed by atoms with Crippen LogP contribution in [0.4, 0.5) is 16.3 Å². The van der Waals surface area contributed by atoms with Gasteiger partial charge >= 0.3 is 6.03 Å². The van der Waals surface area contributed by atoms with Gasteiger partial charge in [0.1, 0.15) is 5.82 Å². The van der Waals surface area contributed by atoms with Crippen molar-refractivity contribution < 1.29 is 9.90 Å². The van der Waals surface area contributed by atoms with Gasteiger partial charge < -0.3 is 20.6 Å². The molecule has 1 aliphatic carbocycles. The fraction of sp³-hybridized carbons (Fsp3) is 0.429. The van der Waals surface area contributed by atoms with E-state index >= 15 is 0 Å². The van der Waals surface area contributed by atoms with Crippen LogP contribution in [0.25, 0.3) is 0 Å². The highest BCUT2D eigenvalue weighted by Gasteiger charge is 2.19. The quantitative estimate of drug-likeness (QED) is 0.722. The van der Waals surface area contributed by atoms with Crippen LogP contribution in [0.2, 0.25) is 0 Å². The Morgan fingerprint density at radius 2 is 2.25 bits per heavy atom. The van der Waals surface area contributed by atoms with Crippen molar-refractivity contribution in [2.45, 2.75) is 12.5 Å². The molecule has 0 radical (unpaired) electrons. The first-order valence-electron chi connectivity index (χ1n) is 6.58. The van der Waals surface area contributed by atoms with Gasteiger partial charge in [0.2, 0.25) is 0 Å². The van der Waals surface area contributed by atoms with E-state index in [0.29, 0.717) is 5.69 Å². The third-order valence-corrected chi connectivity index (χ3v) is 3.19. The summed E-state index contributed by atoms with van der Waals surface area (Å²) in [6, 6.07) is 3.36. The summed E-state index contributed by atoms with van der Waals surface area (Å²) >= 11 is 0. The molecule has 2 rings (SSSR count). The lowest BCUT2D eigenvalue weighted by atomic mass is 10.1. The van der Waals surface area contributed by atoms with Gasteiger partial charge in [-0.2, -0.15) is 0 Å². The van der Waals surface area contributed by atoms with Crippen LogP contribution >= 0.6 is 0 Å². The van der Waals surface area contributed by atoms with E-state index < -0.39 is 0 Å². The van der Waals surface area contributed by atoms with Crippen LogP contribution in [-0.2, 0) is 0 Å². The van der Waals surface area contributed by atoms with Crippen LogP contribution in [-0.4, -0.2) is 42.9 Å². The fourth-order valence-corrected chi connectivity index (χ4v) is 2.08. The summed E-state index contributed by atoms with van der Waals surface area (Å²) in [7, 11) is 3.82. The summed E-state index contributed by atoms with van der Waals surface area (Å²) in [4.78, 5) is 17.9. The molecular weight excluding hydrogens is 256 g/mol. The second-order valence-corrected chi connectivity index (χ2v) is 5.07. The zero-order chi connectivity index (χ0) is 14.5. The van der Waals surface area contributed by atoms with E-state index in [-0.39, 0.29) is 24.6 Å². The summed E-state index contributed by atoms with van der Waals surface area (Å²) in [5.74, 6) is 0.974. The minimum atomic E-state index is -0.266. The Bertz CT molecular complexity index is 484. The Kier molecular flexibility index (Phi) is 4.57. The number of nitrogens with zero attached hydrogens (tertiary/aromatic N) is 2. The molecule has 2 atom stereocenters. The topological polar surface area (TPSA) is 77.5 Å². The molecule has 3 N–H and O–H groups in total. The van der Waals surface area contributed by atoms with E-state index in [1.165, 1.54) is 0 Å². The SMILES string of the molecule is CN(C)c1ccc(NC(=O)N[C@@H]2C=C[C@H](CO)C2)cn1. The molecule has 0 unspecified atom stereocenters. The number of nitrogens with one attached hydrogen (secondary N) is 2. The van der Waals surface area contributed by atoms with Gasteiger partial charge in [0.25, 0.3) is 0 Å². The molecule has 1 aromatic rings. The first-order chi connectivity index (χ1) is 9.58. The Labute approximate surface area is 118 Å². The predicted octanol–water partition coefficient (Wildman–Crippen LogP) is 1.21. The van der Waals surface area contributed by atoms with Crippen molar-refractivity contribution in [3.63, 3.8) is 0 Å². The molecule has 6 heteroatoms. The van der Waals surface area contributed by atoms with Crippen LogP contribution < -0.4 is 15.5 Å². The minimum absolute atomic E-state index is 0.0267. The predicted molar refractivity (Wildman–Crippen MR) is 78.8 cm³/mol. The highest BCUT2D eigenvalue weighted by atomic mass is 16.3. The van der Waals surface area contributed by atoms with E-state index in [1.54, 1.807) is 6.20 Å². The molecule has 1 heterocycles. The highest BCUT2D eigenvalue weighted by Crippen LogP contribution is 2.17. The van der Waals surface area contributed by atoms with Gasteiger partial charge in [0.15, 0.2) is 0 Å². The van der Waals surface area contributed by atoms with E-state index in [1.807, 2.05) is 43.3 Å². The number of amides is 2. The standard InChI is InChI=1S/C14H20N4O2/c1-18(2)13-6-5-12(8-15-13)17-14(20)16-11-4-3-10(7-11)9-19/h3-6,8,10-11,19H,7,9H2,1-2H3,(H2,16,17,20)/t10-,11+/m0/s1. The van der Waals surface area contributed by atoms with Crippen molar-refractivity contribution in [3.05, 3.63) is 30.5 Å². The normalized spacial score (nSPS) is 20.8. The highest BCUT2D eigenvalue weighted by molar-refractivity contribution is 5.89. The first kappa shape index (κ1) is 14.3. The molecule has 0 fully saturated rings. The Hall–Kier alpha value is -2.08. The molecule has 6 nitrogen and oxygen atoms in total. The summed E-state index contributed by atoms with van der Waals surface area (Å²) in [5, 5.41) is 14.6. The number of hydrogen-bond donors (Lipinski definition) is 3. The fourth-order valence-electron chi connectivity index (χ4n) is 2.08. The average Bonchev–Trinajstić information content (AvgIpc) is 2.86. The molecule has 0 saturated heterocycles. The lowest BCUT2D eigenvalue weighted by Gasteiger charge is -2.14. The summed E-state index contributed by atoms with van der Waals surface area (Å²) in [5.41, 5.74) is 0.647. The molecule has 0 aromatic carbocycles. The number of urea groups is 1. The van der Waals surface area contributed by atoms with Crippen molar-refractivity contribution in [2.24, 2.45) is 5.92 Å². The molecule has 0 saturated carbocycles. The molecule has 0 aliphatic heterocycles. The number of aromatic nitrogens is 1. The van der Waals surface area contributed by atoms with Gasteiger partial charge in [0, 0.05) is 32.7 Å². The summed E-state index contributed by atoms with van der Waals surface area (Å²) in [6.07, 6.45) is 6.20. The van der Waals surface area contributed by atoms with Gasteiger partial charge in [-0.05, 0) is 18.6 Å². The molecule has 20 heavy (non-hydrogen) atoms.